The van der Waals surface area contributed by atoms with Gasteiger partial charge in [-0.3, -0.25) is 0 Å². The minimum atomic E-state index is -0.152. The number of hydrogen-bond donors (Lipinski definition) is 2. The minimum Gasteiger partial charge on any atom is -0.338 e. The number of amides is 2. The standard InChI is InChI=1S/C16H16Br2N2O/c17-14-6-3-4-12(10-14)8-9-19-16(21)20-11-13-5-1-2-7-15(13)18/h1-7,10H,8-9,11H2,(H2,19,20,21). The Balaban J connectivity index is 1.72. The Labute approximate surface area is 141 Å². The molecule has 0 heterocycles. The number of urea groups is 1. The van der Waals surface area contributed by atoms with E-state index in [1.807, 2.05) is 42.5 Å². The Kier molecular flexibility index (Phi) is 6.26. The van der Waals surface area contributed by atoms with Crippen LogP contribution in [0.5, 0.6) is 0 Å². The summed E-state index contributed by atoms with van der Waals surface area (Å²) in [6, 6.07) is 15.8. The predicted molar refractivity (Wildman–Crippen MR) is 92.2 cm³/mol. The second-order valence-corrected chi connectivity index (χ2v) is 6.35. The highest BCUT2D eigenvalue weighted by atomic mass is 79.9. The molecule has 21 heavy (non-hydrogen) atoms. The van der Waals surface area contributed by atoms with Gasteiger partial charge >= 0.3 is 6.03 Å². The lowest BCUT2D eigenvalue weighted by atomic mass is 10.1. The quantitative estimate of drug-likeness (QED) is 0.758. The number of nitrogens with one attached hydrogen (secondary N) is 2. The molecule has 2 aromatic carbocycles. The molecule has 0 aliphatic carbocycles. The van der Waals surface area contributed by atoms with Crippen molar-refractivity contribution < 1.29 is 4.79 Å². The van der Waals surface area contributed by atoms with Gasteiger partial charge in [0.15, 0.2) is 0 Å². The Morgan fingerprint density at radius 2 is 1.81 bits per heavy atom. The summed E-state index contributed by atoms with van der Waals surface area (Å²) in [5, 5.41) is 5.71. The van der Waals surface area contributed by atoms with E-state index >= 15 is 0 Å². The van der Waals surface area contributed by atoms with Gasteiger partial charge in [0.25, 0.3) is 0 Å². The van der Waals surface area contributed by atoms with Crippen molar-refractivity contribution in [2.75, 3.05) is 6.54 Å². The van der Waals surface area contributed by atoms with Gasteiger partial charge in [-0.05, 0) is 35.7 Å². The van der Waals surface area contributed by atoms with Crippen molar-refractivity contribution in [2.45, 2.75) is 13.0 Å². The maximum absolute atomic E-state index is 11.7. The molecule has 0 bridgehead atoms. The van der Waals surface area contributed by atoms with Crippen molar-refractivity contribution in [3.63, 3.8) is 0 Å². The molecule has 3 nitrogen and oxygen atoms in total. The van der Waals surface area contributed by atoms with E-state index in [0.717, 1.165) is 20.9 Å². The van der Waals surface area contributed by atoms with Gasteiger partial charge in [-0.1, -0.05) is 62.2 Å². The zero-order chi connectivity index (χ0) is 15.1. The zero-order valence-electron chi connectivity index (χ0n) is 11.4. The molecule has 0 spiro atoms. The monoisotopic (exact) mass is 410 g/mol. The molecule has 0 fully saturated rings. The Morgan fingerprint density at radius 1 is 1.00 bits per heavy atom. The lowest BCUT2D eigenvalue weighted by Crippen LogP contribution is -2.36. The van der Waals surface area contributed by atoms with Crippen LogP contribution in [0.4, 0.5) is 4.79 Å². The van der Waals surface area contributed by atoms with Crippen LogP contribution < -0.4 is 10.6 Å². The second-order valence-electron chi connectivity index (χ2n) is 4.58. The molecule has 0 saturated heterocycles. The van der Waals surface area contributed by atoms with Gasteiger partial charge in [0.2, 0.25) is 0 Å². The van der Waals surface area contributed by atoms with Crippen molar-refractivity contribution >= 4 is 37.9 Å². The molecule has 0 aliphatic heterocycles. The van der Waals surface area contributed by atoms with Crippen LogP contribution in [0.25, 0.3) is 0 Å². The molecule has 0 radical (unpaired) electrons. The minimum absolute atomic E-state index is 0.152. The lowest BCUT2D eigenvalue weighted by Gasteiger charge is -2.09. The Morgan fingerprint density at radius 3 is 2.57 bits per heavy atom. The summed E-state index contributed by atoms with van der Waals surface area (Å²) in [5.41, 5.74) is 2.25. The normalized spacial score (nSPS) is 10.2. The number of hydrogen-bond acceptors (Lipinski definition) is 1. The van der Waals surface area contributed by atoms with E-state index in [4.69, 9.17) is 0 Å². The molecule has 2 N–H and O–H groups in total. The molecule has 2 amide bonds. The molecular weight excluding hydrogens is 396 g/mol. The molecule has 5 heteroatoms. The van der Waals surface area contributed by atoms with Crippen molar-refractivity contribution in [3.05, 3.63) is 68.6 Å². The van der Waals surface area contributed by atoms with Crippen molar-refractivity contribution in [1.82, 2.24) is 10.6 Å². The first-order chi connectivity index (χ1) is 10.1. The average molecular weight is 412 g/mol. The van der Waals surface area contributed by atoms with E-state index in [1.54, 1.807) is 0 Å². The molecule has 0 atom stereocenters. The highest BCUT2D eigenvalue weighted by Gasteiger charge is 2.02. The Bertz CT molecular complexity index is 617. The summed E-state index contributed by atoms with van der Waals surface area (Å²) in [4.78, 5) is 11.7. The van der Waals surface area contributed by atoms with E-state index in [0.29, 0.717) is 13.1 Å². The Hall–Kier alpha value is -1.33. The van der Waals surface area contributed by atoms with E-state index in [2.05, 4.69) is 48.6 Å². The SMILES string of the molecule is O=C(NCCc1cccc(Br)c1)NCc1ccccc1Br. The van der Waals surface area contributed by atoms with Gasteiger partial charge < -0.3 is 10.6 Å². The summed E-state index contributed by atoms with van der Waals surface area (Å²) in [6.45, 7) is 1.11. The third-order valence-electron chi connectivity index (χ3n) is 2.99. The van der Waals surface area contributed by atoms with Gasteiger partial charge in [-0.25, -0.2) is 4.79 Å². The summed E-state index contributed by atoms with van der Waals surface area (Å²) in [6.07, 6.45) is 0.807. The zero-order valence-corrected chi connectivity index (χ0v) is 14.6. The number of carbonyl (C=O) groups excluding carboxylic acids is 1. The lowest BCUT2D eigenvalue weighted by molar-refractivity contribution is 0.240. The molecule has 0 saturated carbocycles. The molecule has 2 rings (SSSR count). The number of rotatable bonds is 5. The van der Waals surface area contributed by atoms with Gasteiger partial charge in [-0.15, -0.1) is 0 Å². The molecule has 2 aromatic rings. The fourth-order valence-electron chi connectivity index (χ4n) is 1.89. The van der Waals surface area contributed by atoms with Crippen molar-refractivity contribution in [3.8, 4) is 0 Å². The van der Waals surface area contributed by atoms with Gasteiger partial charge in [0.1, 0.15) is 0 Å². The second kappa shape index (κ2) is 8.20. The molecule has 0 aliphatic rings. The third-order valence-corrected chi connectivity index (χ3v) is 4.25. The van der Waals surface area contributed by atoms with Crippen LogP contribution in [-0.4, -0.2) is 12.6 Å². The predicted octanol–water partition coefficient (Wildman–Crippen LogP) is 4.25. The average Bonchev–Trinajstić information content (AvgIpc) is 2.46. The fourth-order valence-corrected chi connectivity index (χ4v) is 2.76. The fraction of sp³-hybridized carbons (Fsp3) is 0.188. The van der Waals surface area contributed by atoms with Crippen LogP contribution in [-0.2, 0) is 13.0 Å². The summed E-state index contributed by atoms with van der Waals surface area (Å²) >= 11 is 6.90. The first-order valence-electron chi connectivity index (χ1n) is 6.65. The molecule has 110 valence electrons. The van der Waals surface area contributed by atoms with E-state index < -0.39 is 0 Å². The topological polar surface area (TPSA) is 41.1 Å². The van der Waals surface area contributed by atoms with Crippen molar-refractivity contribution in [1.29, 1.82) is 0 Å². The van der Waals surface area contributed by atoms with Crippen LogP contribution in [0.3, 0.4) is 0 Å². The third kappa shape index (κ3) is 5.52. The number of carbonyl (C=O) groups is 1. The highest BCUT2D eigenvalue weighted by Crippen LogP contribution is 2.15. The van der Waals surface area contributed by atoms with Gasteiger partial charge in [0.05, 0.1) is 0 Å². The first kappa shape index (κ1) is 16.0. The van der Waals surface area contributed by atoms with Gasteiger partial charge in [-0.2, -0.15) is 0 Å². The number of benzene rings is 2. The van der Waals surface area contributed by atoms with Gasteiger partial charge in [0, 0.05) is 22.0 Å². The highest BCUT2D eigenvalue weighted by molar-refractivity contribution is 9.10. The van der Waals surface area contributed by atoms with Crippen LogP contribution in [0, 0.1) is 0 Å². The first-order valence-corrected chi connectivity index (χ1v) is 8.23. The van der Waals surface area contributed by atoms with Crippen LogP contribution in [0.1, 0.15) is 11.1 Å². The summed E-state index contributed by atoms with van der Waals surface area (Å²) in [7, 11) is 0. The molecule has 0 aromatic heterocycles. The van der Waals surface area contributed by atoms with E-state index in [1.165, 1.54) is 5.56 Å². The van der Waals surface area contributed by atoms with E-state index in [9.17, 15) is 4.79 Å². The summed E-state index contributed by atoms with van der Waals surface area (Å²) in [5.74, 6) is 0. The largest absolute Gasteiger partial charge is 0.338 e. The number of halogens is 2. The molecule has 0 unspecified atom stereocenters. The molecular formula is C16H16Br2N2O. The van der Waals surface area contributed by atoms with Crippen LogP contribution in [0.15, 0.2) is 57.5 Å². The summed E-state index contributed by atoms with van der Waals surface area (Å²) < 4.78 is 2.05. The smallest absolute Gasteiger partial charge is 0.315 e. The maximum atomic E-state index is 11.7. The maximum Gasteiger partial charge on any atom is 0.315 e. The van der Waals surface area contributed by atoms with Crippen LogP contribution in [0.2, 0.25) is 0 Å². The van der Waals surface area contributed by atoms with Crippen LogP contribution >= 0.6 is 31.9 Å². The van der Waals surface area contributed by atoms with E-state index in [-0.39, 0.29) is 6.03 Å². The van der Waals surface area contributed by atoms with Crippen molar-refractivity contribution in [2.24, 2.45) is 0 Å².